The van der Waals surface area contributed by atoms with Crippen LogP contribution in [-0.4, -0.2) is 4.98 Å². The Morgan fingerprint density at radius 1 is 1.00 bits per heavy atom. The molecule has 3 heteroatoms. The van der Waals surface area contributed by atoms with Crippen LogP contribution in [0.1, 0.15) is 5.69 Å². The van der Waals surface area contributed by atoms with E-state index in [1.54, 1.807) is 0 Å². The summed E-state index contributed by atoms with van der Waals surface area (Å²) >= 11 is 3.51. The Morgan fingerprint density at radius 3 is 2.58 bits per heavy atom. The van der Waals surface area contributed by atoms with Crippen LogP contribution in [0, 0.1) is 6.92 Å². The fourth-order valence-electron chi connectivity index (χ4n) is 2.11. The molecule has 2 aromatic carbocycles. The number of fused-ring (bicyclic) bond motifs is 1. The van der Waals surface area contributed by atoms with Gasteiger partial charge in [0.05, 0.1) is 5.52 Å². The van der Waals surface area contributed by atoms with E-state index in [1.165, 1.54) is 0 Å². The van der Waals surface area contributed by atoms with Crippen LogP contribution < -0.4 is 5.32 Å². The van der Waals surface area contributed by atoms with Gasteiger partial charge in [-0.1, -0.05) is 34.1 Å². The van der Waals surface area contributed by atoms with E-state index in [-0.39, 0.29) is 0 Å². The van der Waals surface area contributed by atoms with Gasteiger partial charge in [-0.25, -0.2) is 0 Å². The van der Waals surface area contributed by atoms with Crippen LogP contribution in [0.25, 0.3) is 10.9 Å². The molecule has 1 N–H and O–H groups in total. The summed E-state index contributed by atoms with van der Waals surface area (Å²) in [6.45, 7) is 2.01. The van der Waals surface area contributed by atoms with E-state index < -0.39 is 0 Å². The summed E-state index contributed by atoms with van der Waals surface area (Å²) in [5.41, 5.74) is 4.17. The number of hydrogen-bond acceptors (Lipinski definition) is 2. The second-order valence-electron chi connectivity index (χ2n) is 4.46. The van der Waals surface area contributed by atoms with Crippen molar-refractivity contribution < 1.29 is 0 Å². The van der Waals surface area contributed by atoms with Crippen molar-refractivity contribution in [2.24, 2.45) is 0 Å². The van der Waals surface area contributed by atoms with E-state index in [4.69, 9.17) is 0 Å². The molecule has 0 atom stereocenters. The van der Waals surface area contributed by atoms with Gasteiger partial charge < -0.3 is 5.32 Å². The number of hydrogen-bond donors (Lipinski definition) is 1. The predicted molar refractivity (Wildman–Crippen MR) is 83.9 cm³/mol. The number of aryl methyl sites for hydroxylation is 1. The van der Waals surface area contributed by atoms with E-state index in [0.29, 0.717) is 0 Å². The quantitative estimate of drug-likeness (QED) is 0.716. The molecule has 1 heterocycles. The second kappa shape index (κ2) is 5.02. The van der Waals surface area contributed by atoms with Crippen molar-refractivity contribution >= 4 is 38.2 Å². The molecular formula is C16H13BrN2. The first-order chi connectivity index (χ1) is 9.22. The van der Waals surface area contributed by atoms with Gasteiger partial charge in [-0.15, -0.1) is 0 Å². The Kier molecular flexibility index (Phi) is 3.22. The average Bonchev–Trinajstić information content (AvgIpc) is 2.41. The Labute approximate surface area is 120 Å². The van der Waals surface area contributed by atoms with Crippen LogP contribution in [-0.2, 0) is 0 Å². The molecule has 19 heavy (non-hydrogen) atoms. The van der Waals surface area contributed by atoms with Gasteiger partial charge in [0.2, 0.25) is 0 Å². The molecule has 0 aliphatic heterocycles. The number of anilines is 2. The fraction of sp³-hybridized carbons (Fsp3) is 0.0625. The highest BCUT2D eigenvalue weighted by Gasteiger charge is 2.05. The van der Waals surface area contributed by atoms with E-state index in [9.17, 15) is 0 Å². The maximum atomic E-state index is 4.56. The molecule has 0 amide bonds. The number of pyridine rings is 1. The number of nitrogens with zero attached hydrogens (tertiary/aromatic N) is 1. The number of aromatic nitrogens is 1. The first kappa shape index (κ1) is 12.2. The summed E-state index contributed by atoms with van der Waals surface area (Å²) < 4.78 is 1.06. The number of nitrogens with one attached hydrogen (secondary N) is 1. The molecule has 0 bridgehead atoms. The highest BCUT2D eigenvalue weighted by atomic mass is 79.9. The van der Waals surface area contributed by atoms with E-state index in [1.807, 2.05) is 37.3 Å². The molecule has 0 saturated heterocycles. The molecule has 0 aliphatic rings. The molecule has 0 unspecified atom stereocenters. The predicted octanol–water partition coefficient (Wildman–Crippen LogP) is 5.05. The summed E-state index contributed by atoms with van der Waals surface area (Å²) in [6, 6.07) is 18.4. The lowest BCUT2D eigenvalue weighted by Gasteiger charge is -2.11. The van der Waals surface area contributed by atoms with Gasteiger partial charge in [0.15, 0.2) is 0 Å². The molecule has 0 spiro atoms. The monoisotopic (exact) mass is 312 g/mol. The zero-order chi connectivity index (χ0) is 13.2. The third-order valence-electron chi connectivity index (χ3n) is 2.95. The van der Waals surface area contributed by atoms with Gasteiger partial charge in [0.1, 0.15) is 0 Å². The maximum Gasteiger partial charge on any atom is 0.0726 e. The molecular weight excluding hydrogens is 300 g/mol. The number of para-hydroxylation sites is 1. The standard InChI is InChI=1S/C16H13BrN2/c1-11-9-16(19-13-5-3-2-4-6-13)14-10-12(17)7-8-15(14)18-11/h2-10H,1H3,(H,18,19). The Hall–Kier alpha value is -1.87. The second-order valence-corrected chi connectivity index (χ2v) is 5.38. The van der Waals surface area contributed by atoms with Crippen molar-refractivity contribution in [1.29, 1.82) is 0 Å². The van der Waals surface area contributed by atoms with E-state index >= 15 is 0 Å². The largest absolute Gasteiger partial charge is 0.355 e. The van der Waals surface area contributed by atoms with E-state index in [2.05, 4.69) is 50.5 Å². The number of benzene rings is 2. The van der Waals surface area contributed by atoms with Gasteiger partial charge in [-0.05, 0) is 43.3 Å². The Bertz CT molecular complexity index is 723. The molecule has 3 aromatic rings. The van der Waals surface area contributed by atoms with Crippen molar-refractivity contribution in [1.82, 2.24) is 4.98 Å². The summed E-state index contributed by atoms with van der Waals surface area (Å²) in [7, 11) is 0. The summed E-state index contributed by atoms with van der Waals surface area (Å²) in [5.74, 6) is 0. The average molecular weight is 313 g/mol. The van der Waals surface area contributed by atoms with Crippen LogP contribution in [0.15, 0.2) is 59.1 Å². The third-order valence-corrected chi connectivity index (χ3v) is 3.44. The molecule has 0 radical (unpaired) electrons. The zero-order valence-electron chi connectivity index (χ0n) is 10.5. The minimum absolute atomic E-state index is 1.00. The SMILES string of the molecule is Cc1cc(Nc2ccccc2)c2cc(Br)ccc2n1. The molecule has 0 fully saturated rings. The highest BCUT2D eigenvalue weighted by Crippen LogP contribution is 2.28. The summed E-state index contributed by atoms with van der Waals surface area (Å²) in [4.78, 5) is 4.56. The lowest BCUT2D eigenvalue weighted by molar-refractivity contribution is 1.25. The minimum Gasteiger partial charge on any atom is -0.355 e. The lowest BCUT2D eigenvalue weighted by Crippen LogP contribution is -1.94. The Balaban J connectivity index is 2.14. The fourth-order valence-corrected chi connectivity index (χ4v) is 2.47. The maximum absolute atomic E-state index is 4.56. The van der Waals surface area contributed by atoms with Crippen LogP contribution >= 0.6 is 15.9 Å². The number of halogens is 1. The van der Waals surface area contributed by atoms with E-state index in [0.717, 1.165) is 32.4 Å². The first-order valence-corrected chi connectivity index (χ1v) is 6.91. The third kappa shape index (κ3) is 2.61. The topological polar surface area (TPSA) is 24.9 Å². The van der Waals surface area contributed by atoms with Gasteiger partial charge >= 0.3 is 0 Å². The molecule has 2 nitrogen and oxygen atoms in total. The van der Waals surface area contributed by atoms with Crippen LogP contribution in [0.4, 0.5) is 11.4 Å². The van der Waals surface area contributed by atoms with Crippen molar-refractivity contribution in [3.63, 3.8) is 0 Å². The summed E-state index contributed by atoms with van der Waals surface area (Å²) in [6.07, 6.45) is 0. The van der Waals surface area contributed by atoms with Gasteiger partial charge in [-0.3, -0.25) is 4.98 Å². The molecule has 94 valence electrons. The smallest absolute Gasteiger partial charge is 0.0726 e. The molecule has 0 aliphatic carbocycles. The van der Waals surface area contributed by atoms with Crippen molar-refractivity contribution in [2.75, 3.05) is 5.32 Å². The zero-order valence-corrected chi connectivity index (χ0v) is 12.1. The Morgan fingerprint density at radius 2 is 1.79 bits per heavy atom. The van der Waals surface area contributed by atoms with Gasteiger partial charge in [-0.2, -0.15) is 0 Å². The van der Waals surface area contributed by atoms with Crippen molar-refractivity contribution in [3.05, 3.63) is 64.8 Å². The lowest BCUT2D eigenvalue weighted by atomic mass is 10.1. The van der Waals surface area contributed by atoms with Crippen molar-refractivity contribution in [2.45, 2.75) is 6.92 Å². The normalized spacial score (nSPS) is 10.6. The summed E-state index contributed by atoms with van der Waals surface area (Å²) in [5, 5.41) is 4.57. The highest BCUT2D eigenvalue weighted by molar-refractivity contribution is 9.10. The van der Waals surface area contributed by atoms with Crippen LogP contribution in [0.5, 0.6) is 0 Å². The number of rotatable bonds is 2. The first-order valence-electron chi connectivity index (χ1n) is 6.11. The van der Waals surface area contributed by atoms with Crippen LogP contribution in [0.2, 0.25) is 0 Å². The molecule has 1 aromatic heterocycles. The minimum atomic E-state index is 1.00. The van der Waals surface area contributed by atoms with Gasteiger partial charge in [0, 0.05) is 26.9 Å². The van der Waals surface area contributed by atoms with Crippen LogP contribution in [0.3, 0.4) is 0 Å². The van der Waals surface area contributed by atoms with Crippen molar-refractivity contribution in [3.8, 4) is 0 Å². The molecule has 0 saturated carbocycles. The van der Waals surface area contributed by atoms with Gasteiger partial charge in [0.25, 0.3) is 0 Å². The molecule has 3 rings (SSSR count).